The molecule has 1 saturated heterocycles. The van der Waals surface area contributed by atoms with Crippen LogP contribution in [0.2, 0.25) is 0 Å². The topological polar surface area (TPSA) is 68.8 Å². The van der Waals surface area contributed by atoms with Crippen molar-refractivity contribution in [1.29, 1.82) is 0 Å². The first kappa shape index (κ1) is 26.7. The molecule has 7 heteroatoms. The summed E-state index contributed by atoms with van der Waals surface area (Å²) < 4.78 is 0. The molecule has 6 nitrogen and oxygen atoms in total. The van der Waals surface area contributed by atoms with Crippen LogP contribution < -0.4 is 16.0 Å². The third kappa shape index (κ3) is 10.1. The maximum absolute atomic E-state index is 11.5. The molecule has 1 aromatic rings. The molecular weight excluding hydrogens is 489 g/mol. The third-order valence-corrected chi connectivity index (χ3v) is 5.69. The monoisotopic (exact) mass is 529 g/mol. The molecule has 1 aliphatic heterocycles. The van der Waals surface area contributed by atoms with Gasteiger partial charge in [0.1, 0.15) is 0 Å². The van der Waals surface area contributed by atoms with Crippen LogP contribution in [0.5, 0.6) is 0 Å². The Kier molecular flexibility index (Phi) is 12.3. The van der Waals surface area contributed by atoms with Gasteiger partial charge >= 0.3 is 0 Å². The number of guanidine groups is 1. The van der Waals surface area contributed by atoms with Crippen LogP contribution in [-0.4, -0.2) is 63.1 Å². The van der Waals surface area contributed by atoms with Crippen molar-refractivity contribution in [2.75, 3.05) is 40.3 Å². The minimum Gasteiger partial charge on any atom is -0.358 e. The number of benzene rings is 1. The Labute approximate surface area is 199 Å². The fraction of sp³-hybridized carbons (Fsp3) is 0.652. The van der Waals surface area contributed by atoms with E-state index in [4.69, 9.17) is 0 Å². The standard InChI is InChI=1S/C23H39N5O.HI/c1-23(2,14-8-11-19-9-6-5-7-10-19)18-26-22(25-4)27-20-12-15-28(16-13-20)17-21(29)24-3;/h5-7,9-10,20H,8,11-18H2,1-4H3,(H,24,29)(H2,25,26,27);1H. The van der Waals surface area contributed by atoms with Crippen molar-refractivity contribution in [3.05, 3.63) is 35.9 Å². The van der Waals surface area contributed by atoms with Crippen molar-refractivity contribution in [3.63, 3.8) is 0 Å². The second-order valence-corrected chi connectivity index (χ2v) is 8.80. The van der Waals surface area contributed by atoms with Crippen molar-refractivity contribution in [2.45, 2.75) is 52.0 Å². The molecule has 0 radical (unpaired) electrons. The highest BCUT2D eigenvalue weighted by atomic mass is 127. The van der Waals surface area contributed by atoms with Gasteiger partial charge in [0.05, 0.1) is 6.54 Å². The fourth-order valence-corrected chi connectivity index (χ4v) is 3.73. The largest absolute Gasteiger partial charge is 0.358 e. The lowest BCUT2D eigenvalue weighted by Crippen LogP contribution is -2.51. The number of aliphatic imine (C=N–C) groups is 1. The molecule has 1 aromatic carbocycles. The van der Waals surface area contributed by atoms with Gasteiger partial charge in [-0.3, -0.25) is 14.7 Å². The van der Waals surface area contributed by atoms with Crippen LogP contribution in [0.25, 0.3) is 0 Å². The number of likely N-dealkylation sites (N-methyl/N-ethyl adjacent to an activating group) is 1. The van der Waals surface area contributed by atoms with Crippen LogP contribution in [-0.2, 0) is 11.2 Å². The summed E-state index contributed by atoms with van der Waals surface area (Å²) in [6.07, 6.45) is 5.54. The Bertz CT molecular complexity index is 642. The van der Waals surface area contributed by atoms with Crippen molar-refractivity contribution in [2.24, 2.45) is 10.4 Å². The van der Waals surface area contributed by atoms with E-state index in [1.807, 2.05) is 7.05 Å². The molecule has 1 fully saturated rings. The zero-order valence-corrected chi connectivity index (χ0v) is 21.4. The van der Waals surface area contributed by atoms with Crippen LogP contribution in [0, 0.1) is 5.41 Å². The number of piperidine rings is 1. The normalized spacial score (nSPS) is 15.9. The summed E-state index contributed by atoms with van der Waals surface area (Å²) in [7, 11) is 3.52. The lowest BCUT2D eigenvalue weighted by molar-refractivity contribution is -0.122. The number of halogens is 1. The van der Waals surface area contributed by atoms with Crippen LogP contribution in [0.3, 0.4) is 0 Å². The van der Waals surface area contributed by atoms with E-state index in [1.54, 1.807) is 7.05 Å². The molecular formula is C23H40IN5O. The summed E-state index contributed by atoms with van der Waals surface area (Å²) in [5, 5.41) is 9.77. The predicted octanol–water partition coefficient (Wildman–Crippen LogP) is 3.03. The highest BCUT2D eigenvalue weighted by Crippen LogP contribution is 2.22. The molecule has 0 unspecified atom stereocenters. The molecule has 2 rings (SSSR count). The first-order chi connectivity index (χ1) is 13.9. The quantitative estimate of drug-likeness (QED) is 0.262. The van der Waals surface area contributed by atoms with Crippen LogP contribution in [0.15, 0.2) is 35.3 Å². The third-order valence-electron chi connectivity index (χ3n) is 5.69. The molecule has 0 spiro atoms. The van der Waals surface area contributed by atoms with E-state index in [1.165, 1.54) is 18.4 Å². The summed E-state index contributed by atoms with van der Waals surface area (Å²) >= 11 is 0. The Morgan fingerprint density at radius 3 is 2.47 bits per heavy atom. The molecule has 3 N–H and O–H groups in total. The number of nitrogens with one attached hydrogen (secondary N) is 3. The number of carbonyl (C=O) groups excluding carboxylic acids is 1. The maximum Gasteiger partial charge on any atom is 0.233 e. The van der Waals surface area contributed by atoms with Crippen molar-refractivity contribution < 1.29 is 4.79 Å². The van der Waals surface area contributed by atoms with E-state index >= 15 is 0 Å². The molecule has 0 saturated carbocycles. The van der Waals surface area contributed by atoms with Crippen molar-refractivity contribution in [1.82, 2.24) is 20.9 Å². The first-order valence-corrected chi connectivity index (χ1v) is 10.9. The van der Waals surface area contributed by atoms with Crippen LogP contribution in [0.4, 0.5) is 0 Å². The van der Waals surface area contributed by atoms with Gasteiger partial charge in [0.15, 0.2) is 5.96 Å². The van der Waals surface area contributed by atoms with Gasteiger partial charge in [-0.15, -0.1) is 24.0 Å². The molecule has 1 amide bonds. The lowest BCUT2D eigenvalue weighted by atomic mass is 9.86. The molecule has 170 valence electrons. The molecule has 1 heterocycles. The highest BCUT2D eigenvalue weighted by Gasteiger charge is 2.22. The summed E-state index contributed by atoms with van der Waals surface area (Å²) in [6.45, 7) is 7.90. The molecule has 0 aliphatic carbocycles. The van der Waals surface area contributed by atoms with Gasteiger partial charge in [-0.05, 0) is 43.1 Å². The van der Waals surface area contributed by atoms with Gasteiger partial charge in [-0.25, -0.2) is 0 Å². The van der Waals surface area contributed by atoms with Gasteiger partial charge in [-0.1, -0.05) is 44.2 Å². The fourth-order valence-electron chi connectivity index (χ4n) is 3.73. The molecule has 30 heavy (non-hydrogen) atoms. The van der Waals surface area contributed by atoms with E-state index in [9.17, 15) is 4.79 Å². The van der Waals surface area contributed by atoms with Crippen LogP contribution in [0.1, 0.15) is 45.1 Å². The van der Waals surface area contributed by atoms with E-state index in [0.29, 0.717) is 12.6 Å². The minimum absolute atomic E-state index is 0. The molecule has 0 bridgehead atoms. The summed E-state index contributed by atoms with van der Waals surface area (Å²) in [6, 6.07) is 11.1. The lowest BCUT2D eigenvalue weighted by Gasteiger charge is -2.33. The smallest absolute Gasteiger partial charge is 0.233 e. The van der Waals surface area contributed by atoms with Crippen LogP contribution >= 0.6 is 24.0 Å². The maximum atomic E-state index is 11.5. The molecule has 0 aromatic heterocycles. The van der Waals surface area contributed by atoms with E-state index < -0.39 is 0 Å². The Hall–Kier alpha value is -1.35. The second kappa shape index (κ2) is 13.9. The number of aryl methyl sites for hydroxylation is 1. The average Bonchev–Trinajstić information content (AvgIpc) is 2.73. The zero-order chi connectivity index (χ0) is 21.1. The molecule has 0 atom stereocenters. The van der Waals surface area contributed by atoms with E-state index in [0.717, 1.165) is 44.9 Å². The summed E-state index contributed by atoms with van der Waals surface area (Å²) in [5.74, 6) is 0.967. The van der Waals surface area contributed by atoms with Crippen molar-refractivity contribution in [3.8, 4) is 0 Å². The second-order valence-electron chi connectivity index (χ2n) is 8.80. The molecule has 1 aliphatic rings. The van der Waals surface area contributed by atoms with Gasteiger partial charge < -0.3 is 16.0 Å². The minimum atomic E-state index is 0. The summed E-state index contributed by atoms with van der Waals surface area (Å²) in [5.41, 5.74) is 1.63. The predicted molar refractivity (Wildman–Crippen MR) is 137 cm³/mol. The van der Waals surface area contributed by atoms with Gasteiger partial charge in [0.2, 0.25) is 5.91 Å². The van der Waals surface area contributed by atoms with Gasteiger partial charge in [-0.2, -0.15) is 0 Å². The number of likely N-dealkylation sites (tertiary alicyclic amines) is 1. The number of nitrogens with zero attached hydrogens (tertiary/aromatic N) is 2. The van der Waals surface area contributed by atoms with E-state index in [-0.39, 0.29) is 35.3 Å². The number of hydrogen-bond donors (Lipinski definition) is 3. The van der Waals surface area contributed by atoms with Gasteiger partial charge in [0, 0.05) is 39.8 Å². The Morgan fingerprint density at radius 1 is 1.20 bits per heavy atom. The zero-order valence-electron chi connectivity index (χ0n) is 19.0. The SMILES string of the molecule is CN=C(NCC(C)(C)CCCc1ccccc1)NC1CCN(CC(=O)NC)CC1.I. The first-order valence-electron chi connectivity index (χ1n) is 10.9. The number of amides is 1. The number of hydrogen-bond acceptors (Lipinski definition) is 3. The average molecular weight is 530 g/mol. The van der Waals surface area contributed by atoms with Gasteiger partial charge in [0.25, 0.3) is 0 Å². The van der Waals surface area contributed by atoms with Crippen molar-refractivity contribution >= 4 is 35.8 Å². The Balaban J connectivity index is 0.00000450. The number of rotatable bonds is 9. The van der Waals surface area contributed by atoms with E-state index in [2.05, 4.69) is 70.0 Å². The highest BCUT2D eigenvalue weighted by molar-refractivity contribution is 14.0. The Morgan fingerprint density at radius 2 is 1.87 bits per heavy atom. The number of carbonyl (C=O) groups is 1. The summed E-state index contributed by atoms with van der Waals surface area (Å²) in [4.78, 5) is 18.1.